The summed E-state index contributed by atoms with van der Waals surface area (Å²) in [6.45, 7) is 6.71. The molecule has 0 saturated carbocycles. The average molecular weight is 779 g/mol. The molecule has 55 heavy (non-hydrogen) atoms. The van der Waals surface area contributed by atoms with Crippen molar-refractivity contribution < 1.29 is 9.30 Å². The van der Waals surface area contributed by atoms with Gasteiger partial charge in [0.15, 0.2) is 0 Å². The van der Waals surface area contributed by atoms with Crippen molar-refractivity contribution in [3.63, 3.8) is 0 Å². The van der Waals surface area contributed by atoms with Gasteiger partial charge in [-0.15, -0.1) is 0 Å². The molecule has 3 aromatic heterocycles. The van der Waals surface area contributed by atoms with Gasteiger partial charge in [0.2, 0.25) is 0 Å². The van der Waals surface area contributed by atoms with E-state index in [-0.39, 0.29) is 5.41 Å². The van der Waals surface area contributed by atoms with Crippen LogP contribution in [0.5, 0.6) is 11.5 Å². The van der Waals surface area contributed by atoms with E-state index in [2.05, 4.69) is 204 Å². The molecule has 0 aliphatic rings. The second kappa shape index (κ2) is 13.4. The molecule has 6 heteroatoms. The number of rotatable bonds is 7. The molecule has 9 rings (SSSR count). The summed E-state index contributed by atoms with van der Waals surface area (Å²) in [7, 11) is 0. The van der Waals surface area contributed by atoms with Crippen LogP contribution in [0.4, 0.5) is 0 Å². The third-order valence-corrected chi connectivity index (χ3v) is 15.0. The Balaban J connectivity index is 1.11. The fourth-order valence-electron chi connectivity index (χ4n) is 7.60. The molecule has 0 bridgehead atoms. The number of aromatic nitrogens is 4. The Labute approximate surface area is 325 Å². The normalized spacial score (nSPS) is 12.2. The molecule has 0 amide bonds. The predicted octanol–water partition coefficient (Wildman–Crippen LogP) is 11.7. The van der Waals surface area contributed by atoms with Gasteiger partial charge in [0.25, 0.3) is 0 Å². The number of ether oxygens (including phenoxy) is 1. The summed E-state index contributed by atoms with van der Waals surface area (Å²) >= 11 is -1.91. The first-order valence-corrected chi connectivity index (χ1v) is 26.4. The Kier molecular flexibility index (Phi) is 8.50. The minimum atomic E-state index is -1.91. The van der Waals surface area contributed by atoms with Crippen molar-refractivity contribution in [1.29, 1.82) is 0 Å². The van der Waals surface area contributed by atoms with Crippen LogP contribution >= 0.6 is 0 Å². The molecule has 0 atom stereocenters. The molecule has 0 saturated heterocycles. The molecule has 3 heterocycles. The number of pyridine rings is 1. The SMILES string of the molecule is CC(C)(C)c1ccnc(-n2c3ccccc3c3ccc(Oc4cccc(-n5c[n+](-c6ccccc6)c6cc(-c7cc[c]([Ge]([CH3])([CH3])[CH3])cc7)ccc65)c4)cc32)c1. The van der Waals surface area contributed by atoms with Gasteiger partial charge in [-0.05, 0) is 47.4 Å². The fourth-order valence-corrected chi connectivity index (χ4v) is 10.1. The van der Waals surface area contributed by atoms with Crippen molar-refractivity contribution in [2.45, 2.75) is 43.5 Å². The molecule has 0 radical (unpaired) electrons. The predicted molar refractivity (Wildman–Crippen MR) is 231 cm³/mol. The van der Waals surface area contributed by atoms with Crippen LogP contribution in [0, 0.1) is 0 Å². The first kappa shape index (κ1) is 34.8. The van der Waals surface area contributed by atoms with E-state index in [1.165, 1.54) is 26.5 Å². The molecule has 0 unspecified atom stereocenters. The maximum atomic E-state index is 6.68. The number of fused-ring (bicyclic) bond motifs is 4. The molecule has 5 nitrogen and oxygen atoms in total. The van der Waals surface area contributed by atoms with Crippen LogP contribution in [0.2, 0.25) is 17.3 Å². The van der Waals surface area contributed by atoms with Crippen LogP contribution in [0.15, 0.2) is 164 Å². The van der Waals surface area contributed by atoms with Gasteiger partial charge in [-0.25, -0.2) is 4.98 Å². The first-order chi connectivity index (χ1) is 26.5. The monoisotopic (exact) mass is 779 g/mol. The summed E-state index contributed by atoms with van der Waals surface area (Å²) in [6.07, 6.45) is 4.10. The molecular weight excluding hydrogens is 733 g/mol. The Bertz CT molecular complexity index is 2860. The van der Waals surface area contributed by atoms with Gasteiger partial charge in [0.05, 0.1) is 11.0 Å². The second-order valence-corrected chi connectivity index (χ2v) is 27.2. The summed E-state index contributed by atoms with van der Waals surface area (Å²) in [5.74, 6) is 9.75. The zero-order chi connectivity index (χ0) is 37.9. The Morgan fingerprint density at radius 1 is 0.600 bits per heavy atom. The summed E-state index contributed by atoms with van der Waals surface area (Å²) in [5, 5.41) is 2.35. The van der Waals surface area contributed by atoms with E-state index in [1.807, 2.05) is 12.3 Å². The van der Waals surface area contributed by atoms with E-state index in [1.54, 1.807) is 0 Å². The molecule has 0 spiro atoms. The summed E-state index contributed by atoms with van der Waals surface area (Å²) in [5.41, 5.74) is 10.2. The summed E-state index contributed by atoms with van der Waals surface area (Å²) in [6, 6.07) is 54.2. The zero-order valence-electron chi connectivity index (χ0n) is 32.3. The zero-order valence-corrected chi connectivity index (χ0v) is 34.4. The van der Waals surface area contributed by atoms with Crippen LogP contribution in [-0.4, -0.2) is 27.4 Å². The maximum absolute atomic E-state index is 6.68. The van der Waals surface area contributed by atoms with Gasteiger partial charge in [0, 0.05) is 23.0 Å². The van der Waals surface area contributed by atoms with E-state index >= 15 is 0 Å². The third-order valence-electron chi connectivity index (χ3n) is 10.7. The average Bonchev–Trinajstić information content (AvgIpc) is 3.73. The number of nitrogens with zero attached hydrogens (tertiary/aromatic N) is 4. The van der Waals surface area contributed by atoms with E-state index in [0.717, 1.165) is 56.1 Å². The summed E-state index contributed by atoms with van der Waals surface area (Å²) in [4.78, 5) is 4.86. The Hall–Kier alpha value is -5.92. The Morgan fingerprint density at radius 2 is 1.33 bits per heavy atom. The minimum Gasteiger partial charge on any atom is -0.0149 e. The van der Waals surface area contributed by atoms with E-state index < -0.39 is 13.3 Å². The molecular formula is C49H45GeN4O+. The molecule has 0 N–H and O–H groups in total. The van der Waals surface area contributed by atoms with Gasteiger partial charge in [-0.1, -0.05) is 39.0 Å². The van der Waals surface area contributed by atoms with Crippen molar-refractivity contribution in [2.75, 3.05) is 0 Å². The van der Waals surface area contributed by atoms with Crippen LogP contribution in [0.3, 0.4) is 0 Å². The van der Waals surface area contributed by atoms with E-state index in [0.29, 0.717) is 0 Å². The minimum absolute atomic E-state index is 0.00334. The smallest absolute Gasteiger partial charge is 0.0149 e. The maximum Gasteiger partial charge on any atom is 0.0592 e. The van der Waals surface area contributed by atoms with Crippen LogP contribution in [0.25, 0.3) is 61.2 Å². The van der Waals surface area contributed by atoms with Crippen molar-refractivity contribution in [3.05, 3.63) is 170 Å². The number of imidazole rings is 1. The van der Waals surface area contributed by atoms with Gasteiger partial charge < -0.3 is 4.74 Å². The Morgan fingerprint density at radius 3 is 2.11 bits per heavy atom. The number of benzene rings is 6. The van der Waals surface area contributed by atoms with Crippen LogP contribution in [-0.2, 0) is 5.41 Å². The van der Waals surface area contributed by atoms with Crippen molar-refractivity contribution in [2.24, 2.45) is 0 Å². The fraction of sp³-hybridized carbons (Fsp3) is 0.143. The molecule has 0 fully saturated rings. The second-order valence-electron chi connectivity index (χ2n) is 16.5. The van der Waals surface area contributed by atoms with Crippen molar-refractivity contribution in [1.82, 2.24) is 14.1 Å². The van der Waals surface area contributed by atoms with Gasteiger partial charge >= 0.3 is 181 Å². The van der Waals surface area contributed by atoms with Gasteiger partial charge in [-0.2, -0.15) is 0 Å². The van der Waals surface area contributed by atoms with Crippen LogP contribution in [0.1, 0.15) is 26.3 Å². The third kappa shape index (κ3) is 6.53. The molecule has 0 aliphatic heterocycles. The van der Waals surface area contributed by atoms with Crippen molar-refractivity contribution in [3.8, 4) is 39.8 Å². The topological polar surface area (TPSA) is 35.9 Å². The van der Waals surface area contributed by atoms with E-state index in [9.17, 15) is 0 Å². The van der Waals surface area contributed by atoms with E-state index in [4.69, 9.17) is 9.72 Å². The number of hydrogen-bond donors (Lipinski definition) is 0. The number of hydrogen-bond acceptors (Lipinski definition) is 2. The van der Waals surface area contributed by atoms with Crippen LogP contribution < -0.4 is 13.7 Å². The summed E-state index contributed by atoms with van der Waals surface area (Å²) < 4.78 is 15.0. The largest absolute Gasteiger partial charge is 0.0592 e. The first-order valence-electron chi connectivity index (χ1n) is 19.0. The van der Waals surface area contributed by atoms with Crippen molar-refractivity contribution >= 4 is 50.5 Å². The van der Waals surface area contributed by atoms with Gasteiger partial charge in [0.1, 0.15) is 11.6 Å². The molecule has 270 valence electrons. The molecule has 9 aromatic rings. The molecule has 6 aromatic carbocycles. The molecule has 0 aliphatic carbocycles. The quantitative estimate of drug-likeness (QED) is 0.119. The standard InChI is InChI=1S/C49H45GeN4O/c1-49(2,3)36-27-28-51-48(30-36)54-44-18-11-10-17-42(44)43-25-24-41(32-46(43)54)55-40-16-12-15-39(31-40)53-33-52(38-13-8-7-9-14-38)47-29-35(21-26-45(47)53)34-19-22-37(23-20-34)50(4,5)6/h7-33H,1-6H3/q+1. The number of para-hydroxylation sites is 2. The van der Waals surface area contributed by atoms with Gasteiger partial charge in [-0.3, -0.25) is 4.57 Å².